The Bertz CT molecular complexity index is 552. The van der Waals surface area contributed by atoms with Crippen LogP contribution in [-0.4, -0.2) is 17.4 Å². The molecule has 0 unspecified atom stereocenters. The first kappa shape index (κ1) is 14.1. The molecule has 2 aromatic rings. The van der Waals surface area contributed by atoms with E-state index in [-0.39, 0.29) is 5.91 Å². The third kappa shape index (κ3) is 3.35. The maximum absolute atomic E-state index is 11.3. The molecule has 0 saturated carbocycles. The molecule has 0 atom stereocenters. The Kier molecular flexibility index (Phi) is 4.71. The molecule has 1 heterocycles. The molecular formula is C16H19N3O. The third-order valence-electron chi connectivity index (χ3n) is 3.01. The Morgan fingerprint density at radius 2 is 1.90 bits per heavy atom. The van der Waals surface area contributed by atoms with Crippen molar-refractivity contribution in [3.05, 3.63) is 48.7 Å². The molecule has 1 amide bonds. The van der Waals surface area contributed by atoms with Gasteiger partial charge in [-0.25, -0.2) is 4.98 Å². The van der Waals surface area contributed by atoms with Crippen LogP contribution in [-0.2, 0) is 4.79 Å². The zero-order valence-corrected chi connectivity index (χ0v) is 11.8. The van der Waals surface area contributed by atoms with Gasteiger partial charge in [0.25, 0.3) is 0 Å². The van der Waals surface area contributed by atoms with Crippen LogP contribution in [0.25, 0.3) is 0 Å². The fraction of sp³-hybridized carbons (Fsp3) is 0.250. The van der Waals surface area contributed by atoms with E-state index in [4.69, 9.17) is 0 Å². The number of hydrogen-bond acceptors (Lipinski definition) is 3. The van der Waals surface area contributed by atoms with Gasteiger partial charge in [0.15, 0.2) is 0 Å². The summed E-state index contributed by atoms with van der Waals surface area (Å²) >= 11 is 0. The van der Waals surface area contributed by atoms with Crippen LogP contribution in [0, 0.1) is 0 Å². The third-order valence-corrected chi connectivity index (χ3v) is 3.01. The molecule has 1 aromatic carbocycles. The predicted octanol–water partition coefficient (Wildman–Crippen LogP) is 3.59. The molecular weight excluding hydrogens is 250 g/mol. The number of anilines is 3. The van der Waals surface area contributed by atoms with E-state index in [1.54, 1.807) is 6.20 Å². The number of carbonyl (C=O) groups excluding carboxylic acids is 1. The molecule has 0 saturated heterocycles. The minimum Gasteiger partial charge on any atom is -0.327 e. The van der Waals surface area contributed by atoms with Crippen molar-refractivity contribution in [2.24, 2.45) is 0 Å². The second kappa shape index (κ2) is 6.70. The summed E-state index contributed by atoms with van der Waals surface area (Å²) in [6.07, 6.45) is 2.15. The minimum absolute atomic E-state index is 0.00467. The summed E-state index contributed by atoms with van der Waals surface area (Å²) in [5.74, 6) is 0.864. The molecule has 1 aromatic heterocycles. The molecule has 104 valence electrons. The van der Waals surface area contributed by atoms with Gasteiger partial charge in [-0.15, -0.1) is 0 Å². The standard InChI is InChI=1S/C16H19N3O/c1-3-16(20)18-13-10-11-15(17-12-13)19(4-2)14-8-6-5-7-9-14/h5-12H,3-4H2,1-2H3,(H,18,20). The van der Waals surface area contributed by atoms with Crippen molar-refractivity contribution in [2.75, 3.05) is 16.8 Å². The molecule has 0 bridgehead atoms. The molecule has 2 rings (SSSR count). The highest BCUT2D eigenvalue weighted by molar-refractivity contribution is 5.90. The lowest BCUT2D eigenvalue weighted by Crippen LogP contribution is -2.17. The highest BCUT2D eigenvalue weighted by Crippen LogP contribution is 2.23. The molecule has 0 radical (unpaired) electrons. The van der Waals surface area contributed by atoms with Crippen LogP contribution in [0.3, 0.4) is 0 Å². The van der Waals surface area contributed by atoms with Gasteiger partial charge in [-0.2, -0.15) is 0 Å². The van der Waals surface area contributed by atoms with Crippen LogP contribution in [0.15, 0.2) is 48.7 Å². The number of carbonyl (C=O) groups is 1. The first-order chi connectivity index (χ1) is 9.74. The van der Waals surface area contributed by atoms with Crippen molar-refractivity contribution in [1.29, 1.82) is 0 Å². The average molecular weight is 269 g/mol. The zero-order chi connectivity index (χ0) is 14.4. The van der Waals surface area contributed by atoms with Crippen molar-refractivity contribution < 1.29 is 4.79 Å². The van der Waals surface area contributed by atoms with Gasteiger partial charge in [-0.1, -0.05) is 25.1 Å². The summed E-state index contributed by atoms with van der Waals surface area (Å²) in [5, 5.41) is 2.80. The van der Waals surface area contributed by atoms with E-state index in [1.807, 2.05) is 37.3 Å². The topological polar surface area (TPSA) is 45.2 Å². The summed E-state index contributed by atoms with van der Waals surface area (Å²) in [7, 11) is 0. The van der Waals surface area contributed by atoms with E-state index in [0.29, 0.717) is 6.42 Å². The lowest BCUT2D eigenvalue weighted by Gasteiger charge is -2.22. The molecule has 0 spiro atoms. The summed E-state index contributed by atoms with van der Waals surface area (Å²) in [6, 6.07) is 13.9. The van der Waals surface area contributed by atoms with Gasteiger partial charge < -0.3 is 10.2 Å². The fourth-order valence-electron chi connectivity index (χ4n) is 1.95. The predicted molar refractivity (Wildman–Crippen MR) is 82.3 cm³/mol. The number of pyridine rings is 1. The normalized spacial score (nSPS) is 10.1. The SMILES string of the molecule is CCC(=O)Nc1ccc(N(CC)c2ccccc2)nc1. The maximum atomic E-state index is 11.3. The van der Waals surface area contributed by atoms with Gasteiger partial charge in [0, 0.05) is 18.7 Å². The van der Waals surface area contributed by atoms with Crippen molar-refractivity contribution >= 4 is 23.1 Å². The van der Waals surface area contributed by atoms with Gasteiger partial charge in [0.1, 0.15) is 5.82 Å². The second-order valence-electron chi connectivity index (χ2n) is 4.39. The number of aromatic nitrogens is 1. The summed E-state index contributed by atoms with van der Waals surface area (Å²) in [4.78, 5) is 17.9. The van der Waals surface area contributed by atoms with E-state index < -0.39 is 0 Å². The molecule has 1 N–H and O–H groups in total. The summed E-state index contributed by atoms with van der Waals surface area (Å²) in [5.41, 5.74) is 1.83. The average Bonchev–Trinajstić information content (AvgIpc) is 2.50. The van der Waals surface area contributed by atoms with Gasteiger partial charge >= 0.3 is 0 Å². The number of hydrogen-bond donors (Lipinski definition) is 1. The van der Waals surface area contributed by atoms with E-state index >= 15 is 0 Å². The molecule has 0 aliphatic heterocycles. The smallest absolute Gasteiger partial charge is 0.224 e. The lowest BCUT2D eigenvalue weighted by atomic mass is 10.2. The highest BCUT2D eigenvalue weighted by atomic mass is 16.1. The molecule has 0 aliphatic rings. The molecule has 4 nitrogen and oxygen atoms in total. The molecule has 0 aliphatic carbocycles. The van der Waals surface area contributed by atoms with Crippen molar-refractivity contribution in [3.63, 3.8) is 0 Å². The Balaban J connectivity index is 2.18. The monoisotopic (exact) mass is 269 g/mol. The van der Waals surface area contributed by atoms with Crippen LogP contribution < -0.4 is 10.2 Å². The van der Waals surface area contributed by atoms with Crippen molar-refractivity contribution in [1.82, 2.24) is 4.98 Å². The van der Waals surface area contributed by atoms with Crippen LogP contribution in [0.1, 0.15) is 20.3 Å². The van der Waals surface area contributed by atoms with E-state index in [0.717, 1.165) is 23.7 Å². The number of benzene rings is 1. The fourth-order valence-corrected chi connectivity index (χ4v) is 1.95. The molecule has 0 fully saturated rings. The largest absolute Gasteiger partial charge is 0.327 e. The number of nitrogens with zero attached hydrogens (tertiary/aromatic N) is 2. The quantitative estimate of drug-likeness (QED) is 0.902. The van der Waals surface area contributed by atoms with Gasteiger partial charge in [-0.05, 0) is 31.2 Å². The maximum Gasteiger partial charge on any atom is 0.224 e. The Morgan fingerprint density at radius 1 is 1.15 bits per heavy atom. The van der Waals surface area contributed by atoms with Crippen molar-refractivity contribution in [2.45, 2.75) is 20.3 Å². The Labute approximate surface area is 119 Å². The van der Waals surface area contributed by atoms with Gasteiger partial charge in [-0.3, -0.25) is 4.79 Å². The second-order valence-corrected chi connectivity index (χ2v) is 4.39. The zero-order valence-electron chi connectivity index (χ0n) is 11.8. The summed E-state index contributed by atoms with van der Waals surface area (Å²) < 4.78 is 0. The highest BCUT2D eigenvalue weighted by Gasteiger charge is 2.08. The Morgan fingerprint density at radius 3 is 2.45 bits per heavy atom. The number of nitrogens with one attached hydrogen (secondary N) is 1. The van der Waals surface area contributed by atoms with E-state index in [1.165, 1.54) is 0 Å². The number of amides is 1. The summed E-state index contributed by atoms with van der Waals surface area (Å²) in [6.45, 7) is 4.74. The van der Waals surface area contributed by atoms with Crippen LogP contribution in [0.5, 0.6) is 0 Å². The van der Waals surface area contributed by atoms with Crippen LogP contribution in [0.4, 0.5) is 17.2 Å². The molecule has 20 heavy (non-hydrogen) atoms. The van der Waals surface area contributed by atoms with E-state index in [2.05, 4.69) is 34.3 Å². The van der Waals surface area contributed by atoms with Gasteiger partial charge in [0.2, 0.25) is 5.91 Å². The number of para-hydroxylation sites is 1. The first-order valence-corrected chi connectivity index (χ1v) is 6.83. The van der Waals surface area contributed by atoms with Crippen LogP contribution >= 0.6 is 0 Å². The lowest BCUT2D eigenvalue weighted by molar-refractivity contribution is -0.115. The minimum atomic E-state index is -0.00467. The number of rotatable bonds is 5. The van der Waals surface area contributed by atoms with Crippen LogP contribution in [0.2, 0.25) is 0 Å². The van der Waals surface area contributed by atoms with Gasteiger partial charge in [0.05, 0.1) is 11.9 Å². The Hall–Kier alpha value is -2.36. The molecule has 4 heteroatoms. The van der Waals surface area contributed by atoms with Crippen molar-refractivity contribution in [3.8, 4) is 0 Å². The van der Waals surface area contributed by atoms with E-state index in [9.17, 15) is 4.79 Å². The first-order valence-electron chi connectivity index (χ1n) is 6.83.